The van der Waals surface area contributed by atoms with E-state index in [1.807, 2.05) is 30.3 Å². The Bertz CT molecular complexity index is 844. The molecule has 0 bridgehead atoms. The predicted molar refractivity (Wildman–Crippen MR) is 66.9 cm³/mol. The fraction of sp³-hybridized carbons (Fsp3) is 0.0833. The molecule has 0 aliphatic heterocycles. The molecule has 2 heterocycles. The van der Waals surface area contributed by atoms with Crippen molar-refractivity contribution in [2.24, 2.45) is 0 Å². The van der Waals surface area contributed by atoms with Crippen molar-refractivity contribution in [3.05, 3.63) is 58.2 Å². The highest BCUT2D eigenvalue weighted by Gasteiger charge is 2.11. The predicted octanol–water partition coefficient (Wildman–Crippen LogP) is 0.291. The van der Waals surface area contributed by atoms with Gasteiger partial charge in [-0.25, -0.2) is 9.78 Å². The van der Waals surface area contributed by atoms with Crippen LogP contribution in [0, 0.1) is 5.41 Å². The molecule has 0 radical (unpaired) electrons. The summed E-state index contributed by atoms with van der Waals surface area (Å²) < 4.78 is 1.99. The smallest absolute Gasteiger partial charge is 0.328 e. The number of nitrogens with zero attached hydrogens (tertiary/aromatic N) is 3. The average Bonchev–Trinajstić information content (AvgIpc) is 2.73. The summed E-state index contributed by atoms with van der Waals surface area (Å²) in [5.41, 5.74) is 0.967. The lowest BCUT2D eigenvalue weighted by Crippen LogP contribution is -2.19. The molecule has 3 aromatic rings. The minimum absolute atomic E-state index is 0.200. The number of aromatic nitrogens is 4. The lowest BCUT2D eigenvalue weighted by molar-refractivity contribution is 0.168. The van der Waals surface area contributed by atoms with Crippen LogP contribution in [0.3, 0.4) is 0 Å². The fourth-order valence-electron chi connectivity index (χ4n) is 1.96. The largest absolute Gasteiger partial charge is 0.425 e. The van der Waals surface area contributed by atoms with Crippen LogP contribution in [0.25, 0.3) is 11.2 Å². The standard InChI is InChI=1S/C12H11N5O2/c13-10-9-11(14-7-17(10)19)16(12(18)15-9)6-8-4-2-1-3-5-8/h1-5,7,13,19H,6H2,(H,15,18). The van der Waals surface area contributed by atoms with Gasteiger partial charge in [0.1, 0.15) is 11.8 Å². The number of H-pyrrole nitrogens is 1. The first-order valence-electron chi connectivity index (χ1n) is 5.65. The second-order valence-electron chi connectivity index (χ2n) is 4.14. The van der Waals surface area contributed by atoms with Gasteiger partial charge in [-0.05, 0) is 5.56 Å². The normalized spacial score (nSPS) is 10.9. The van der Waals surface area contributed by atoms with Crippen molar-refractivity contribution in [2.75, 3.05) is 0 Å². The van der Waals surface area contributed by atoms with Gasteiger partial charge in [-0.3, -0.25) is 9.98 Å². The molecular formula is C12H11N5O2. The second-order valence-corrected chi connectivity index (χ2v) is 4.14. The third-order valence-corrected chi connectivity index (χ3v) is 2.90. The Hall–Kier alpha value is -2.83. The summed E-state index contributed by atoms with van der Waals surface area (Å²) in [7, 11) is 0. The highest BCUT2D eigenvalue weighted by Crippen LogP contribution is 2.05. The number of hydrogen-bond acceptors (Lipinski definition) is 4. The molecule has 7 heteroatoms. The first-order valence-corrected chi connectivity index (χ1v) is 5.65. The van der Waals surface area contributed by atoms with Gasteiger partial charge in [0.05, 0.1) is 6.54 Å². The fourth-order valence-corrected chi connectivity index (χ4v) is 1.96. The SMILES string of the molecule is N=c1c2[nH]c(=O)n(Cc3ccccc3)c2ncn1O. The molecule has 0 atom stereocenters. The van der Waals surface area contributed by atoms with Crippen molar-refractivity contribution in [2.45, 2.75) is 6.54 Å². The van der Waals surface area contributed by atoms with Crippen LogP contribution in [0.5, 0.6) is 0 Å². The van der Waals surface area contributed by atoms with Crippen molar-refractivity contribution < 1.29 is 5.21 Å². The van der Waals surface area contributed by atoms with Gasteiger partial charge < -0.3 is 10.2 Å². The van der Waals surface area contributed by atoms with E-state index >= 15 is 0 Å². The van der Waals surface area contributed by atoms with E-state index in [1.165, 1.54) is 4.57 Å². The third kappa shape index (κ3) is 1.81. The van der Waals surface area contributed by atoms with Gasteiger partial charge >= 0.3 is 5.69 Å². The summed E-state index contributed by atoms with van der Waals surface area (Å²) >= 11 is 0. The highest BCUT2D eigenvalue weighted by molar-refractivity contribution is 5.68. The Morgan fingerprint density at radius 3 is 2.79 bits per heavy atom. The van der Waals surface area contributed by atoms with Crippen molar-refractivity contribution in [1.29, 1.82) is 5.41 Å². The quantitative estimate of drug-likeness (QED) is 0.575. The van der Waals surface area contributed by atoms with E-state index in [9.17, 15) is 10.0 Å². The number of fused-ring (bicyclic) bond motifs is 1. The molecule has 2 aromatic heterocycles. The Balaban J connectivity index is 2.20. The molecule has 0 fully saturated rings. The Morgan fingerprint density at radius 2 is 2.05 bits per heavy atom. The number of imidazole rings is 1. The third-order valence-electron chi connectivity index (χ3n) is 2.90. The van der Waals surface area contributed by atoms with E-state index in [1.54, 1.807) is 0 Å². The minimum atomic E-state index is -0.356. The molecule has 0 amide bonds. The summed E-state index contributed by atoms with van der Waals surface area (Å²) in [6, 6.07) is 9.49. The minimum Gasteiger partial charge on any atom is -0.425 e. The summed E-state index contributed by atoms with van der Waals surface area (Å²) in [5.74, 6) is 0. The van der Waals surface area contributed by atoms with E-state index in [0.717, 1.165) is 11.9 Å². The number of rotatable bonds is 2. The van der Waals surface area contributed by atoms with Gasteiger partial charge in [0.15, 0.2) is 11.1 Å². The highest BCUT2D eigenvalue weighted by atomic mass is 16.5. The van der Waals surface area contributed by atoms with Gasteiger partial charge in [0.2, 0.25) is 0 Å². The zero-order chi connectivity index (χ0) is 13.4. The molecule has 0 saturated carbocycles. The van der Waals surface area contributed by atoms with Crippen LogP contribution in [0.1, 0.15) is 5.56 Å². The van der Waals surface area contributed by atoms with Crippen LogP contribution in [-0.2, 0) is 6.54 Å². The average molecular weight is 257 g/mol. The van der Waals surface area contributed by atoms with Gasteiger partial charge in [0.25, 0.3) is 0 Å². The summed E-state index contributed by atoms with van der Waals surface area (Å²) in [6.45, 7) is 0.363. The van der Waals surface area contributed by atoms with E-state index in [2.05, 4.69) is 9.97 Å². The summed E-state index contributed by atoms with van der Waals surface area (Å²) in [5, 5.41) is 17.0. The molecule has 0 unspecified atom stereocenters. The molecule has 7 nitrogen and oxygen atoms in total. The van der Waals surface area contributed by atoms with Crippen LogP contribution in [0.2, 0.25) is 0 Å². The van der Waals surface area contributed by atoms with Crippen molar-refractivity contribution in [1.82, 2.24) is 19.3 Å². The molecule has 0 spiro atoms. The van der Waals surface area contributed by atoms with E-state index in [-0.39, 0.29) is 16.7 Å². The van der Waals surface area contributed by atoms with Crippen LogP contribution in [0.4, 0.5) is 0 Å². The molecule has 96 valence electrons. The molecule has 1 aromatic carbocycles. The topological polar surface area (TPSA) is 99.7 Å². The summed E-state index contributed by atoms with van der Waals surface area (Å²) in [6.07, 6.45) is 1.10. The summed E-state index contributed by atoms with van der Waals surface area (Å²) in [4.78, 5) is 18.4. The van der Waals surface area contributed by atoms with Gasteiger partial charge in [-0.1, -0.05) is 30.3 Å². The zero-order valence-electron chi connectivity index (χ0n) is 9.87. The van der Waals surface area contributed by atoms with Gasteiger partial charge in [-0.15, -0.1) is 0 Å². The maximum atomic E-state index is 11.9. The lowest BCUT2D eigenvalue weighted by Gasteiger charge is -2.03. The van der Waals surface area contributed by atoms with Crippen LogP contribution >= 0.6 is 0 Å². The van der Waals surface area contributed by atoms with Crippen molar-refractivity contribution >= 4 is 11.2 Å². The van der Waals surface area contributed by atoms with Gasteiger partial charge in [-0.2, -0.15) is 4.73 Å². The van der Waals surface area contributed by atoms with E-state index in [4.69, 9.17) is 5.41 Å². The van der Waals surface area contributed by atoms with Crippen LogP contribution in [0.15, 0.2) is 41.5 Å². The molecular weight excluding hydrogens is 246 g/mol. The molecule has 3 rings (SSSR count). The molecule has 3 N–H and O–H groups in total. The van der Waals surface area contributed by atoms with E-state index < -0.39 is 0 Å². The number of aromatic amines is 1. The lowest BCUT2D eigenvalue weighted by atomic mass is 10.2. The van der Waals surface area contributed by atoms with Gasteiger partial charge in [0, 0.05) is 0 Å². The van der Waals surface area contributed by atoms with Crippen LogP contribution < -0.4 is 11.2 Å². The van der Waals surface area contributed by atoms with Crippen molar-refractivity contribution in [3.63, 3.8) is 0 Å². The Morgan fingerprint density at radius 1 is 1.32 bits per heavy atom. The maximum absolute atomic E-state index is 11.9. The Kier molecular flexibility index (Phi) is 2.45. The van der Waals surface area contributed by atoms with Crippen LogP contribution in [-0.4, -0.2) is 24.5 Å². The number of nitrogens with one attached hydrogen (secondary N) is 2. The first kappa shape index (κ1) is 11.3. The maximum Gasteiger partial charge on any atom is 0.328 e. The molecule has 19 heavy (non-hydrogen) atoms. The second kappa shape index (κ2) is 4.13. The zero-order valence-corrected chi connectivity index (χ0v) is 9.87. The number of benzene rings is 1. The Labute approximate surface area is 106 Å². The monoisotopic (exact) mass is 257 g/mol. The van der Waals surface area contributed by atoms with E-state index in [0.29, 0.717) is 16.9 Å². The molecule has 0 aliphatic carbocycles. The molecule has 0 aliphatic rings. The first-order chi connectivity index (χ1) is 9.16. The van der Waals surface area contributed by atoms with Crippen molar-refractivity contribution in [3.8, 4) is 0 Å². The number of hydrogen-bond donors (Lipinski definition) is 3. The molecule has 0 saturated heterocycles.